The maximum atomic E-state index is 6.13. The van der Waals surface area contributed by atoms with Crippen molar-refractivity contribution in [2.45, 2.75) is 31.4 Å². The molecule has 0 saturated carbocycles. The third-order valence-corrected chi connectivity index (χ3v) is 4.90. The van der Waals surface area contributed by atoms with Gasteiger partial charge in [0.15, 0.2) is 0 Å². The van der Waals surface area contributed by atoms with Crippen molar-refractivity contribution in [3.05, 3.63) is 48.7 Å². The van der Waals surface area contributed by atoms with Crippen LogP contribution in [0, 0.1) is 0 Å². The van der Waals surface area contributed by atoms with Crippen molar-refractivity contribution in [2.24, 2.45) is 0 Å². The summed E-state index contributed by atoms with van der Waals surface area (Å²) >= 11 is 0. The Morgan fingerprint density at radius 1 is 1.04 bits per heavy atom. The van der Waals surface area contributed by atoms with Gasteiger partial charge in [0.05, 0.1) is 18.9 Å². The number of benzene rings is 1. The van der Waals surface area contributed by atoms with Crippen molar-refractivity contribution in [1.82, 2.24) is 4.98 Å². The van der Waals surface area contributed by atoms with E-state index in [0.717, 1.165) is 56.2 Å². The fourth-order valence-electron chi connectivity index (χ4n) is 3.49. The second-order valence-corrected chi connectivity index (χ2v) is 6.69. The molecule has 2 aliphatic heterocycles. The molecule has 132 valence electrons. The molecule has 1 aromatic carbocycles. The van der Waals surface area contributed by atoms with Crippen molar-refractivity contribution in [3.63, 3.8) is 0 Å². The van der Waals surface area contributed by atoms with E-state index in [0.29, 0.717) is 12.6 Å². The molecule has 5 heteroatoms. The number of hydrogen-bond acceptors (Lipinski definition) is 5. The van der Waals surface area contributed by atoms with E-state index in [4.69, 9.17) is 9.47 Å². The second kappa shape index (κ2) is 7.74. The Balaban J connectivity index is 1.35. The molecule has 3 heterocycles. The molecule has 4 rings (SSSR count). The first-order chi connectivity index (χ1) is 12.4. The number of aromatic nitrogens is 1. The van der Waals surface area contributed by atoms with Crippen molar-refractivity contribution in [2.75, 3.05) is 36.5 Å². The third-order valence-electron chi connectivity index (χ3n) is 4.90. The van der Waals surface area contributed by atoms with Crippen LogP contribution in [0.3, 0.4) is 0 Å². The van der Waals surface area contributed by atoms with Crippen LogP contribution in [0.5, 0.6) is 5.75 Å². The smallest absolute Gasteiger partial charge is 0.142 e. The lowest BCUT2D eigenvalue weighted by molar-refractivity contribution is 0.142. The first-order valence-corrected chi connectivity index (χ1v) is 9.14. The van der Waals surface area contributed by atoms with Gasteiger partial charge in [-0.3, -0.25) is 0 Å². The zero-order valence-corrected chi connectivity index (χ0v) is 14.4. The minimum atomic E-state index is 0.175. The molecule has 1 unspecified atom stereocenters. The van der Waals surface area contributed by atoms with Crippen LogP contribution < -0.4 is 15.0 Å². The fraction of sp³-hybridized carbons (Fsp3) is 0.450. The first kappa shape index (κ1) is 16.2. The maximum Gasteiger partial charge on any atom is 0.142 e. The van der Waals surface area contributed by atoms with Crippen LogP contribution in [0.2, 0.25) is 0 Å². The molecule has 0 spiro atoms. The molecule has 1 N–H and O–H groups in total. The number of piperidine rings is 1. The molecule has 25 heavy (non-hydrogen) atoms. The second-order valence-electron chi connectivity index (χ2n) is 6.69. The normalized spacial score (nSPS) is 21.3. The fourth-order valence-corrected chi connectivity index (χ4v) is 3.49. The van der Waals surface area contributed by atoms with Gasteiger partial charge in [-0.1, -0.05) is 18.2 Å². The Morgan fingerprint density at radius 2 is 1.88 bits per heavy atom. The summed E-state index contributed by atoms with van der Waals surface area (Å²) in [6.07, 6.45) is 5.19. The van der Waals surface area contributed by atoms with Crippen LogP contribution in [0.4, 0.5) is 11.5 Å². The highest BCUT2D eigenvalue weighted by Crippen LogP contribution is 2.29. The van der Waals surface area contributed by atoms with E-state index in [9.17, 15) is 0 Å². The number of pyridine rings is 1. The molecular weight excluding hydrogens is 314 g/mol. The molecule has 1 aromatic heterocycles. The predicted molar refractivity (Wildman–Crippen MR) is 99.4 cm³/mol. The van der Waals surface area contributed by atoms with Gasteiger partial charge in [-0.05, 0) is 37.1 Å². The Labute approximate surface area is 149 Å². The molecule has 1 atom stereocenters. The van der Waals surface area contributed by atoms with Crippen LogP contribution >= 0.6 is 0 Å². The van der Waals surface area contributed by atoms with Crippen LogP contribution in [0.25, 0.3) is 0 Å². The van der Waals surface area contributed by atoms with E-state index < -0.39 is 0 Å². The third kappa shape index (κ3) is 4.04. The summed E-state index contributed by atoms with van der Waals surface area (Å²) in [5.74, 6) is 2.01. The SMILES string of the molecule is c1ccc(N2CCC(Nc3ccccc3OC3CCOC3)CC2)nc1. The van der Waals surface area contributed by atoms with Crippen molar-refractivity contribution >= 4 is 11.5 Å². The number of para-hydroxylation sites is 2. The number of hydrogen-bond donors (Lipinski definition) is 1. The summed E-state index contributed by atoms with van der Waals surface area (Å²) in [6.45, 7) is 3.53. The Morgan fingerprint density at radius 3 is 2.64 bits per heavy atom. The first-order valence-electron chi connectivity index (χ1n) is 9.14. The predicted octanol–water partition coefficient (Wildman–Crippen LogP) is 3.33. The number of anilines is 2. The minimum absolute atomic E-state index is 0.175. The average Bonchev–Trinajstić information content (AvgIpc) is 3.18. The topological polar surface area (TPSA) is 46.6 Å². The average molecular weight is 339 g/mol. The zero-order valence-electron chi connectivity index (χ0n) is 14.4. The minimum Gasteiger partial charge on any atom is -0.486 e. The van der Waals surface area contributed by atoms with Gasteiger partial charge in [0.25, 0.3) is 0 Å². The Kier molecular flexibility index (Phi) is 5.02. The highest BCUT2D eigenvalue weighted by molar-refractivity contribution is 5.57. The lowest BCUT2D eigenvalue weighted by Crippen LogP contribution is -2.39. The summed E-state index contributed by atoms with van der Waals surface area (Å²) in [5, 5.41) is 3.68. The highest BCUT2D eigenvalue weighted by atomic mass is 16.5. The summed E-state index contributed by atoms with van der Waals surface area (Å²) in [6, 6.07) is 14.8. The van der Waals surface area contributed by atoms with Crippen LogP contribution in [-0.4, -0.2) is 43.4 Å². The Bertz CT molecular complexity index is 666. The number of nitrogens with zero attached hydrogens (tertiary/aromatic N) is 2. The molecule has 0 bridgehead atoms. The molecule has 0 radical (unpaired) electrons. The van der Waals surface area contributed by atoms with Gasteiger partial charge in [-0.25, -0.2) is 4.98 Å². The molecule has 5 nitrogen and oxygen atoms in total. The summed E-state index contributed by atoms with van der Waals surface area (Å²) in [4.78, 5) is 6.81. The van der Waals surface area contributed by atoms with Gasteiger partial charge < -0.3 is 19.7 Å². The standard InChI is InChI=1S/C20H25N3O2/c1-2-6-19(25-17-10-14-24-15-17)18(5-1)22-16-8-12-23(13-9-16)20-7-3-4-11-21-20/h1-7,11,16-17,22H,8-10,12-15H2. The van der Waals surface area contributed by atoms with Gasteiger partial charge in [0, 0.05) is 31.7 Å². The largest absolute Gasteiger partial charge is 0.486 e. The number of ether oxygens (including phenoxy) is 2. The van der Waals surface area contributed by atoms with Crippen molar-refractivity contribution in [1.29, 1.82) is 0 Å². The van der Waals surface area contributed by atoms with Crippen LogP contribution in [0.15, 0.2) is 48.7 Å². The quantitative estimate of drug-likeness (QED) is 0.905. The zero-order chi connectivity index (χ0) is 16.9. The van der Waals surface area contributed by atoms with Crippen molar-refractivity contribution in [3.8, 4) is 5.75 Å². The lowest BCUT2D eigenvalue weighted by Gasteiger charge is -2.34. The molecule has 2 fully saturated rings. The monoisotopic (exact) mass is 339 g/mol. The van der Waals surface area contributed by atoms with Crippen LogP contribution in [-0.2, 0) is 4.74 Å². The van der Waals surface area contributed by atoms with Crippen LogP contribution in [0.1, 0.15) is 19.3 Å². The van der Waals surface area contributed by atoms with E-state index in [-0.39, 0.29) is 6.10 Å². The molecule has 2 saturated heterocycles. The van der Waals surface area contributed by atoms with E-state index in [1.54, 1.807) is 0 Å². The maximum absolute atomic E-state index is 6.13. The van der Waals surface area contributed by atoms with E-state index in [2.05, 4.69) is 33.4 Å². The van der Waals surface area contributed by atoms with Gasteiger partial charge in [0.2, 0.25) is 0 Å². The van der Waals surface area contributed by atoms with E-state index >= 15 is 0 Å². The van der Waals surface area contributed by atoms with Gasteiger partial charge in [-0.15, -0.1) is 0 Å². The summed E-state index contributed by atoms with van der Waals surface area (Å²) in [7, 11) is 0. The van der Waals surface area contributed by atoms with Crippen molar-refractivity contribution < 1.29 is 9.47 Å². The molecular formula is C20H25N3O2. The van der Waals surface area contributed by atoms with E-state index in [1.165, 1.54) is 0 Å². The number of rotatable bonds is 5. The van der Waals surface area contributed by atoms with Gasteiger partial charge in [0.1, 0.15) is 17.7 Å². The molecule has 0 amide bonds. The summed E-state index contributed by atoms with van der Waals surface area (Å²) in [5.41, 5.74) is 1.09. The van der Waals surface area contributed by atoms with Gasteiger partial charge >= 0.3 is 0 Å². The summed E-state index contributed by atoms with van der Waals surface area (Å²) < 4.78 is 11.5. The molecule has 2 aliphatic rings. The highest BCUT2D eigenvalue weighted by Gasteiger charge is 2.22. The lowest BCUT2D eigenvalue weighted by atomic mass is 10.0. The van der Waals surface area contributed by atoms with E-state index in [1.807, 2.05) is 30.5 Å². The van der Waals surface area contributed by atoms with Gasteiger partial charge in [-0.2, -0.15) is 0 Å². The molecule has 2 aromatic rings. The number of nitrogens with one attached hydrogen (secondary N) is 1. The Hall–Kier alpha value is -2.27. The molecule has 0 aliphatic carbocycles.